The Balaban J connectivity index is 3.67. The first-order chi connectivity index (χ1) is 8.60. The van der Waals surface area contributed by atoms with Gasteiger partial charge in [0.15, 0.2) is 0 Å². The van der Waals surface area contributed by atoms with Crippen LogP contribution in [-0.2, 0) is 23.1 Å². The Bertz CT molecular complexity index is 233. The molecule has 0 aliphatic heterocycles. The maximum atomic E-state index is 11.5. The molecule has 0 aliphatic rings. The smallest absolute Gasteiger partial charge is 0.319 e. The topological polar surface area (TPSA) is 54.0 Å². The summed E-state index contributed by atoms with van der Waals surface area (Å²) in [6.07, 6.45) is 2.73. The molecule has 0 heterocycles. The number of rotatable bonds is 12. The quantitative estimate of drug-likeness (QED) is 0.312. The van der Waals surface area contributed by atoms with Gasteiger partial charge in [-0.05, 0) is 13.8 Å². The van der Waals surface area contributed by atoms with Crippen molar-refractivity contribution in [3.05, 3.63) is 25.3 Å². The molecule has 0 saturated heterocycles. The van der Waals surface area contributed by atoms with Crippen molar-refractivity contribution in [1.29, 1.82) is 0 Å². The lowest BCUT2D eigenvalue weighted by molar-refractivity contribution is 0.0415. The Morgan fingerprint density at radius 1 is 1.00 bits per heavy atom. The second kappa shape index (κ2) is 11.6. The van der Waals surface area contributed by atoms with E-state index >= 15 is 0 Å². The van der Waals surface area contributed by atoms with Crippen molar-refractivity contribution in [2.24, 2.45) is 0 Å². The van der Waals surface area contributed by atoms with Crippen molar-refractivity contribution in [2.75, 3.05) is 26.4 Å². The molecule has 0 radical (unpaired) electrons. The van der Waals surface area contributed by atoms with Crippen LogP contribution in [0.5, 0.6) is 0 Å². The third kappa shape index (κ3) is 10.7. The fourth-order valence-electron chi connectivity index (χ4n) is 1.06. The van der Waals surface area contributed by atoms with E-state index in [-0.39, 0.29) is 12.2 Å². The van der Waals surface area contributed by atoms with E-state index in [1.54, 1.807) is 26.0 Å². The first-order valence-electron chi connectivity index (χ1n) is 5.84. The van der Waals surface area contributed by atoms with E-state index in [9.17, 15) is 4.57 Å². The molecular formula is C12H23O5P. The Labute approximate surface area is 110 Å². The standard InChI is InChI=1S/C12H23O5P/c1-5-7-14-9-11(3)16-18(13)17-12(4)10-15-8-6-2/h5-6,11-12,18H,1-2,7-10H2,3-4H3. The van der Waals surface area contributed by atoms with Crippen LogP contribution in [0.4, 0.5) is 0 Å². The van der Waals surface area contributed by atoms with E-state index in [0.717, 1.165) is 0 Å². The van der Waals surface area contributed by atoms with E-state index in [0.29, 0.717) is 26.4 Å². The van der Waals surface area contributed by atoms with Gasteiger partial charge >= 0.3 is 8.25 Å². The van der Waals surface area contributed by atoms with E-state index in [1.165, 1.54) is 0 Å². The fourth-order valence-corrected chi connectivity index (χ4v) is 1.91. The minimum Gasteiger partial charge on any atom is -0.375 e. The molecule has 0 spiro atoms. The summed E-state index contributed by atoms with van der Waals surface area (Å²) >= 11 is 0. The van der Waals surface area contributed by atoms with Crippen LogP contribution in [0.15, 0.2) is 25.3 Å². The third-order valence-electron chi connectivity index (χ3n) is 1.77. The van der Waals surface area contributed by atoms with Crippen molar-refractivity contribution in [3.63, 3.8) is 0 Å². The average molecular weight is 278 g/mol. The van der Waals surface area contributed by atoms with Gasteiger partial charge in [-0.3, -0.25) is 4.57 Å². The number of hydrogen-bond acceptors (Lipinski definition) is 5. The van der Waals surface area contributed by atoms with Gasteiger partial charge in [0, 0.05) is 0 Å². The fraction of sp³-hybridized carbons (Fsp3) is 0.667. The van der Waals surface area contributed by atoms with Gasteiger partial charge in [-0.2, -0.15) is 0 Å². The van der Waals surface area contributed by atoms with Gasteiger partial charge < -0.3 is 18.5 Å². The molecule has 106 valence electrons. The van der Waals surface area contributed by atoms with Crippen molar-refractivity contribution >= 4 is 8.25 Å². The molecule has 0 aromatic carbocycles. The van der Waals surface area contributed by atoms with Crippen molar-refractivity contribution in [3.8, 4) is 0 Å². The van der Waals surface area contributed by atoms with Crippen LogP contribution >= 0.6 is 8.25 Å². The molecule has 18 heavy (non-hydrogen) atoms. The predicted molar refractivity (Wildman–Crippen MR) is 72.1 cm³/mol. The maximum Gasteiger partial charge on any atom is 0.319 e. The summed E-state index contributed by atoms with van der Waals surface area (Å²) in [5, 5.41) is 0. The highest BCUT2D eigenvalue weighted by Gasteiger charge is 2.11. The first-order valence-corrected chi connectivity index (χ1v) is 7.07. The summed E-state index contributed by atoms with van der Waals surface area (Å²) < 4.78 is 32.2. The van der Waals surface area contributed by atoms with Crippen LogP contribution in [0.1, 0.15) is 13.8 Å². The Hall–Kier alpha value is -0.450. The zero-order chi connectivity index (χ0) is 13.8. The molecule has 0 saturated carbocycles. The summed E-state index contributed by atoms with van der Waals surface area (Å²) in [7, 11) is -2.52. The lowest BCUT2D eigenvalue weighted by Crippen LogP contribution is -2.16. The van der Waals surface area contributed by atoms with E-state index in [2.05, 4.69) is 13.2 Å². The van der Waals surface area contributed by atoms with Gasteiger partial charge in [0.25, 0.3) is 0 Å². The summed E-state index contributed by atoms with van der Waals surface area (Å²) in [6.45, 7) is 12.2. The van der Waals surface area contributed by atoms with Crippen LogP contribution in [0.25, 0.3) is 0 Å². The molecule has 0 bridgehead atoms. The van der Waals surface area contributed by atoms with E-state index < -0.39 is 8.25 Å². The van der Waals surface area contributed by atoms with Crippen LogP contribution in [0, 0.1) is 0 Å². The van der Waals surface area contributed by atoms with Crippen molar-refractivity contribution < 1.29 is 23.1 Å². The SMILES string of the molecule is C=CCOCC(C)O[PH](=O)OC(C)COCC=C. The third-order valence-corrected chi connectivity index (χ3v) is 2.96. The lowest BCUT2D eigenvalue weighted by Gasteiger charge is -2.16. The lowest BCUT2D eigenvalue weighted by atomic mass is 10.4. The normalized spacial score (nSPS) is 15.9. The second-order valence-electron chi connectivity index (χ2n) is 3.76. The molecule has 0 aliphatic carbocycles. The largest absolute Gasteiger partial charge is 0.375 e. The van der Waals surface area contributed by atoms with Gasteiger partial charge in [-0.1, -0.05) is 12.2 Å². The molecule has 0 rings (SSSR count). The van der Waals surface area contributed by atoms with Crippen LogP contribution < -0.4 is 0 Å². The zero-order valence-electron chi connectivity index (χ0n) is 11.1. The van der Waals surface area contributed by atoms with Gasteiger partial charge in [0.1, 0.15) is 0 Å². The molecular weight excluding hydrogens is 255 g/mol. The second-order valence-corrected chi connectivity index (χ2v) is 4.73. The van der Waals surface area contributed by atoms with Crippen LogP contribution in [0.3, 0.4) is 0 Å². The minimum atomic E-state index is -2.52. The molecule has 0 aromatic rings. The Morgan fingerprint density at radius 2 is 1.39 bits per heavy atom. The first kappa shape index (κ1) is 17.6. The summed E-state index contributed by atoms with van der Waals surface area (Å²) in [5.74, 6) is 0. The summed E-state index contributed by atoms with van der Waals surface area (Å²) in [4.78, 5) is 0. The highest BCUT2D eigenvalue weighted by molar-refractivity contribution is 7.33. The number of ether oxygens (including phenoxy) is 2. The van der Waals surface area contributed by atoms with E-state index in [1.807, 2.05) is 0 Å². The van der Waals surface area contributed by atoms with Crippen molar-refractivity contribution in [2.45, 2.75) is 26.1 Å². The molecule has 2 unspecified atom stereocenters. The molecule has 0 fully saturated rings. The van der Waals surface area contributed by atoms with Gasteiger partial charge in [-0.15, -0.1) is 13.2 Å². The number of hydrogen-bond donors (Lipinski definition) is 0. The van der Waals surface area contributed by atoms with Gasteiger partial charge in [0.2, 0.25) is 0 Å². The van der Waals surface area contributed by atoms with Crippen LogP contribution in [-0.4, -0.2) is 38.6 Å². The molecule has 6 heteroatoms. The highest BCUT2D eigenvalue weighted by atomic mass is 31.1. The monoisotopic (exact) mass is 278 g/mol. The maximum absolute atomic E-state index is 11.5. The Kier molecular flexibility index (Phi) is 11.3. The molecule has 0 aromatic heterocycles. The summed E-state index contributed by atoms with van der Waals surface area (Å²) in [6, 6.07) is 0. The predicted octanol–water partition coefficient (Wildman–Crippen LogP) is 2.59. The van der Waals surface area contributed by atoms with Crippen LogP contribution in [0.2, 0.25) is 0 Å². The molecule has 0 N–H and O–H groups in total. The summed E-state index contributed by atoms with van der Waals surface area (Å²) in [5.41, 5.74) is 0. The molecule has 5 nitrogen and oxygen atoms in total. The van der Waals surface area contributed by atoms with Crippen molar-refractivity contribution in [1.82, 2.24) is 0 Å². The average Bonchev–Trinajstić information content (AvgIpc) is 2.29. The highest BCUT2D eigenvalue weighted by Crippen LogP contribution is 2.28. The van der Waals surface area contributed by atoms with Gasteiger partial charge in [0.05, 0.1) is 38.6 Å². The van der Waals surface area contributed by atoms with Gasteiger partial charge in [-0.25, -0.2) is 0 Å². The zero-order valence-corrected chi connectivity index (χ0v) is 12.1. The molecule has 2 atom stereocenters. The Morgan fingerprint density at radius 3 is 1.72 bits per heavy atom. The van der Waals surface area contributed by atoms with E-state index in [4.69, 9.17) is 18.5 Å². The minimum absolute atomic E-state index is 0.280. The molecule has 0 amide bonds.